The van der Waals surface area contributed by atoms with Crippen LogP contribution in [-0.4, -0.2) is 43.9 Å². The predicted molar refractivity (Wildman–Crippen MR) is 101 cm³/mol. The number of benzene rings is 1. The fourth-order valence-electron chi connectivity index (χ4n) is 2.79. The Balaban J connectivity index is 1.65. The van der Waals surface area contributed by atoms with Crippen molar-refractivity contribution in [2.45, 2.75) is 45.4 Å². The molecule has 1 N–H and O–H groups in total. The van der Waals surface area contributed by atoms with Crippen LogP contribution >= 0.6 is 15.9 Å². The maximum Gasteiger partial charge on any atom is 0.166 e. The molecule has 1 aromatic heterocycles. The summed E-state index contributed by atoms with van der Waals surface area (Å²) in [5.41, 5.74) is -1.06. The van der Waals surface area contributed by atoms with Crippen molar-refractivity contribution in [3.63, 3.8) is 0 Å². The second-order valence-electron chi connectivity index (χ2n) is 7.44. The summed E-state index contributed by atoms with van der Waals surface area (Å²) in [5.74, 6) is 0.763. The van der Waals surface area contributed by atoms with E-state index < -0.39 is 11.0 Å². The molecule has 2 aromatic rings. The van der Waals surface area contributed by atoms with Gasteiger partial charge >= 0.3 is 0 Å². The van der Waals surface area contributed by atoms with Crippen LogP contribution in [0.2, 0.25) is 0 Å². The quantitative estimate of drug-likeness (QED) is 0.773. The number of nitrogens with zero attached hydrogens (tertiary/aromatic N) is 4. The summed E-state index contributed by atoms with van der Waals surface area (Å²) in [5, 5.41) is 19.7. The molecule has 1 aromatic carbocycles. The molecule has 2 unspecified atom stereocenters. The first kappa shape index (κ1) is 18.8. The summed E-state index contributed by atoms with van der Waals surface area (Å²) in [4.78, 5) is 9.47. The van der Waals surface area contributed by atoms with Gasteiger partial charge in [-0.05, 0) is 29.7 Å². The highest BCUT2D eigenvalue weighted by Gasteiger charge is 2.48. The number of halogens is 1. The van der Waals surface area contributed by atoms with Crippen LogP contribution in [0.4, 0.5) is 0 Å². The van der Waals surface area contributed by atoms with Crippen LogP contribution in [0.1, 0.15) is 27.2 Å². The Hall–Kier alpha value is -1.93. The standard InChI is InChI=1S/C18H23BrN4O3/c1-17(2,3)18(24,10-23-12-20-11-21-23)16-8-15(26-22-16)9-25-14-6-4-13(19)5-7-14/h4-7,11-12,15,24H,8-10H2,1-3H3. The molecule has 0 spiro atoms. The maximum absolute atomic E-state index is 11.4. The molecule has 26 heavy (non-hydrogen) atoms. The van der Waals surface area contributed by atoms with Gasteiger partial charge in [0.05, 0.1) is 12.3 Å². The minimum atomic E-state index is -1.20. The van der Waals surface area contributed by atoms with E-state index >= 15 is 0 Å². The lowest BCUT2D eigenvalue weighted by Crippen LogP contribution is -2.53. The molecule has 0 aliphatic carbocycles. The molecule has 1 aliphatic heterocycles. The lowest BCUT2D eigenvalue weighted by Gasteiger charge is -2.39. The number of rotatable bonds is 6. The summed E-state index contributed by atoms with van der Waals surface area (Å²) in [6, 6.07) is 7.61. The van der Waals surface area contributed by atoms with Crippen LogP contribution < -0.4 is 4.74 Å². The summed E-state index contributed by atoms with van der Waals surface area (Å²) < 4.78 is 8.38. The van der Waals surface area contributed by atoms with Crippen LogP contribution in [0.25, 0.3) is 0 Å². The van der Waals surface area contributed by atoms with Gasteiger partial charge in [-0.25, -0.2) is 9.67 Å². The van der Waals surface area contributed by atoms with Gasteiger partial charge in [0, 0.05) is 10.9 Å². The molecule has 8 heteroatoms. The number of aliphatic hydroxyl groups is 1. The zero-order valence-corrected chi connectivity index (χ0v) is 16.7. The summed E-state index contributed by atoms with van der Waals surface area (Å²) in [6.07, 6.45) is 3.30. The zero-order chi connectivity index (χ0) is 18.8. The SMILES string of the molecule is CC(C)(C)C(O)(Cn1cncn1)C1=NOC(COc2ccc(Br)cc2)C1. The molecule has 0 fully saturated rings. The topological polar surface area (TPSA) is 81.8 Å². The highest BCUT2D eigenvalue weighted by Crippen LogP contribution is 2.36. The van der Waals surface area contributed by atoms with Gasteiger partial charge in [-0.3, -0.25) is 0 Å². The molecular weight excluding hydrogens is 400 g/mol. The number of hydrogen-bond donors (Lipinski definition) is 1. The molecule has 140 valence electrons. The molecule has 0 amide bonds. The molecule has 7 nitrogen and oxygen atoms in total. The van der Waals surface area contributed by atoms with Crippen LogP contribution in [0.3, 0.4) is 0 Å². The molecule has 2 atom stereocenters. The number of hydrogen-bond acceptors (Lipinski definition) is 6. The third kappa shape index (κ3) is 4.07. The Bertz CT molecular complexity index is 756. The number of oxime groups is 1. The van der Waals surface area contributed by atoms with E-state index in [2.05, 4.69) is 31.2 Å². The van der Waals surface area contributed by atoms with Crippen LogP contribution in [0.15, 0.2) is 46.5 Å². The van der Waals surface area contributed by atoms with Gasteiger partial charge in [0.15, 0.2) is 6.10 Å². The molecule has 0 saturated carbocycles. The third-order valence-corrected chi connectivity index (χ3v) is 5.09. The highest BCUT2D eigenvalue weighted by atomic mass is 79.9. The van der Waals surface area contributed by atoms with Gasteiger partial charge in [0.2, 0.25) is 0 Å². The van der Waals surface area contributed by atoms with E-state index in [-0.39, 0.29) is 12.6 Å². The van der Waals surface area contributed by atoms with E-state index in [4.69, 9.17) is 9.57 Å². The molecular formula is C18H23BrN4O3. The lowest BCUT2D eigenvalue weighted by atomic mass is 9.72. The Morgan fingerprint density at radius 3 is 2.65 bits per heavy atom. The van der Waals surface area contributed by atoms with E-state index in [1.54, 1.807) is 11.0 Å². The van der Waals surface area contributed by atoms with Crippen LogP contribution in [0, 0.1) is 5.41 Å². The van der Waals surface area contributed by atoms with Crippen molar-refractivity contribution in [1.29, 1.82) is 0 Å². The second-order valence-corrected chi connectivity index (χ2v) is 8.35. The van der Waals surface area contributed by atoms with Crippen molar-refractivity contribution >= 4 is 21.6 Å². The summed E-state index contributed by atoms with van der Waals surface area (Å²) in [7, 11) is 0. The van der Waals surface area contributed by atoms with Gasteiger partial charge in [-0.1, -0.05) is 41.9 Å². The largest absolute Gasteiger partial charge is 0.490 e. The smallest absolute Gasteiger partial charge is 0.166 e. The first-order valence-electron chi connectivity index (χ1n) is 8.44. The Morgan fingerprint density at radius 2 is 2.04 bits per heavy atom. The predicted octanol–water partition coefficient (Wildman–Crippen LogP) is 3.04. The second kappa shape index (κ2) is 7.36. The Kier molecular flexibility index (Phi) is 5.34. The Morgan fingerprint density at radius 1 is 1.31 bits per heavy atom. The lowest BCUT2D eigenvalue weighted by molar-refractivity contribution is -0.0136. The van der Waals surface area contributed by atoms with Gasteiger partial charge in [0.25, 0.3) is 0 Å². The zero-order valence-electron chi connectivity index (χ0n) is 15.1. The van der Waals surface area contributed by atoms with Gasteiger partial charge in [-0.15, -0.1) is 0 Å². The van der Waals surface area contributed by atoms with Crippen molar-refractivity contribution < 1.29 is 14.7 Å². The number of ether oxygens (including phenoxy) is 1. The summed E-state index contributed by atoms with van der Waals surface area (Å²) in [6.45, 7) is 6.53. The fraction of sp³-hybridized carbons (Fsp3) is 0.500. The fourth-order valence-corrected chi connectivity index (χ4v) is 3.06. The van der Waals surface area contributed by atoms with Crippen molar-refractivity contribution in [3.05, 3.63) is 41.4 Å². The Labute approximate surface area is 161 Å². The average Bonchev–Trinajstić information content (AvgIpc) is 3.25. The minimum absolute atomic E-state index is 0.238. The normalized spacial score (nSPS) is 19.6. The third-order valence-electron chi connectivity index (χ3n) is 4.56. The van der Waals surface area contributed by atoms with Crippen molar-refractivity contribution in [1.82, 2.24) is 14.8 Å². The van der Waals surface area contributed by atoms with E-state index in [0.717, 1.165) is 10.2 Å². The monoisotopic (exact) mass is 422 g/mol. The van der Waals surface area contributed by atoms with Crippen molar-refractivity contribution in [3.8, 4) is 5.75 Å². The van der Waals surface area contributed by atoms with Gasteiger partial charge < -0.3 is 14.7 Å². The van der Waals surface area contributed by atoms with Gasteiger partial charge in [0.1, 0.15) is 30.6 Å². The summed E-state index contributed by atoms with van der Waals surface area (Å²) >= 11 is 3.40. The molecule has 2 heterocycles. The van der Waals surface area contributed by atoms with Crippen LogP contribution in [-0.2, 0) is 11.4 Å². The molecule has 0 saturated heterocycles. The van der Waals surface area contributed by atoms with Crippen molar-refractivity contribution in [2.75, 3.05) is 6.61 Å². The number of aromatic nitrogens is 3. The highest BCUT2D eigenvalue weighted by molar-refractivity contribution is 9.10. The van der Waals surface area contributed by atoms with E-state index in [0.29, 0.717) is 18.7 Å². The average molecular weight is 423 g/mol. The molecule has 1 aliphatic rings. The van der Waals surface area contributed by atoms with E-state index in [1.807, 2.05) is 45.0 Å². The van der Waals surface area contributed by atoms with E-state index in [9.17, 15) is 5.11 Å². The minimum Gasteiger partial charge on any atom is -0.490 e. The van der Waals surface area contributed by atoms with Crippen molar-refractivity contribution in [2.24, 2.45) is 10.6 Å². The first-order chi connectivity index (χ1) is 12.3. The van der Waals surface area contributed by atoms with Crippen LogP contribution in [0.5, 0.6) is 5.75 Å². The molecule has 0 radical (unpaired) electrons. The maximum atomic E-state index is 11.4. The molecule has 3 rings (SSSR count). The van der Waals surface area contributed by atoms with Gasteiger partial charge in [-0.2, -0.15) is 5.10 Å². The first-order valence-corrected chi connectivity index (χ1v) is 9.23. The molecule has 0 bridgehead atoms. The van der Waals surface area contributed by atoms with E-state index in [1.165, 1.54) is 6.33 Å².